The molecule has 1 spiro atoms. The SMILES string of the molecule is CC[C@H](C)[C@H]1O[C@]2(CC[C@@H]1C)C[C@@H]1C[C@@H](C/C=C(\C)[C@@H](O[C@H]3C[C@H](O[C@H]4C[C@H](OC)[C@@H](O)[C@H](C)O4)[C@@H](OC)[C@H](C)O3)[C@@H](C)/C=C/C=C3\CO[C@@H]4[C@H](O)C(C)=C[C@@H](C(=O)O1)[C@]34O)O2. The Labute approximate surface area is 368 Å². The molecule has 62 heavy (non-hydrogen) atoms. The van der Waals surface area contributed by atoms with E-state index in [-0.39, 0.29) is 30.8 Å². The minimum Gasteiger partial charge on any atom is -0.462 e. The van der Waals surface area contributed by atoms with E-state index in [1.807, 2.05) is 19.1 Å². The van der Waals surface area contributed by atoms with E-state index in [9.17, 15) is 20.1 Å². The molecule has 14 nitrogen and oxygen atoms in total. The van der Waals surface area contributed by atoms with Crippen LogP contribution >= 0.6 is 0 Å². The van der Waals surface area contributed by atoms with E-state index in [2.05, 4.69) is 40.7 Å². The van der Waals surface area contributed by atoms with Gasteiger partial charge in [-0.25, -0.2) is 0 Å². The van der Waals surface area contributed by atoms with E-state index in [1.54, 1.807) is 40.2 Å². The third kappa shape index (κ3) is 9.73. The van der Waals surface area contributed by atoms with Crippen LogP contribution in [0.4, 0.5) is 0 Å². The summed E-state index contributed by atoms with van der Waals surface area (Å²) in [5.74, 6) is -2.13. The maximum Gasteiger partial charge on any atom is 0.316 e. The number of rotatable bonds is 8. The lowest BCUT2D eigenvalue weighted by Gasteiger charge is -2.51. The number of carbonyl (C=O) groups excluding carboxylic acids is 1. The second kappa shape index (κ2) is 19.8. The van der Waals surface area contributed by atoms with Crippen LogP contribution in [-0.2, 0) is 52.2 Å². The first-order chi connectivity index (χ1) is 29.5. The molecule has 0 saturated carbocycles. The Morgan fingerprint density at radius 1 is 0.919 bits per heavy atom. The highest BCUT2D eigenvalue weighted by atomic mass is 16.7. The van der Waals surface area contributed by atoms with Gasteiger partial charge in [0.15, 0.2) is 18.4 Å². The average Bonchev–Trinajstić information content (AvgIpc) is 3.58. The number of aliphatic hydroxyl groups excluding tert-OH is 2. The first-order valence-corrected chi connectivity index (χ1v) is 23.2. The lowest BCUT2D eigenvalue weighted by molar-refractivity contribution is -0.340. The van der Waals surface area contributed by atoms with Gasteiger partial charge in [-0.2, -0.15) is 0 Å². The van der Waals surface area contributed by atoms with Crippen LogP contribution < -0.4 is 0 Å². The summed E-state index contributed by atoms with van der Waals surface area (Å²) in [6, 6.07) is 0. The largest absolute Gasteiger partial charge is 0.462 e. The second-order valence-electron chi connectivity index (χ2n) is 19.4. The summed E-state index contributed by atoms with van der Waals surface area (Å²) in [6.45, 7) is 16.3. The van der Waals surface area contributed by atoms with Crippen LogP contribution in [0, 0.1) is 23.7 Å². The zero-order chi connectivity index (χ0) is 44.7. The minimum absolute atomic E-state index is 0.0101. The molecule has 0 radical (unpaired) electrons. The number of esters is 1. The summed E-state index contributed by atoms with van der Waals surface area (Å²) in [6.07, 6.45) is 6.39. The standard InChI is InChI=1S/C48H74O14/c1-11-25(2)43-28(5)17-18-47(62-43)23-34-20-33(61-47)16-15-27(4)42(26(3)13-12-14-32-24-55-45-40(49)29(6)19-35(46(51)58-34)48(32,45)52)60-39-22-37(44(54-10)31(8)57-39)59-38-21-36(53-9)41(50)30(7)56-38/h12-15,19,25-26,28,30-31,33-45,49-50,52H,11,16-18,20-24H2,1-10H3/b13-12+,27-15+,32-14+/t25-,26-,28-,30-,31-,33+,34-,35-,36-,37-,38-,39-,40+,41-,42-,43+,44-,45+,47+,48+/m0/s1. The summed E-state index contributed by atoms with van der Waals surface area (Å²) >= 11 is 0. The third-order valence-electron chi connectivity index (χ3n) is 14.9. The van der Waals surface area contributed by atoms with E-state index < -0.39 is 90.8 Å². The van der Waals surface area contributed by atoms with Crippen molar-refractivity contribution in [2.24, 2.45) is 23.7 Å². The Morgan fingerprint density at radius 2 is 1.65 bits per heavy atom. The molecule has 0 unspecified atom stereocenters. The van der Waals surface area contributed by atoms with Crippen molar-refractivity contribution in [1.29, 1.82) is 0 Å². The molecule has 3 N–H and O–H groups in total. The summed E-state index contributed by atoms with van der Waals surface area (Å²) in [4.78, 5) is 14.4. The van der Waals surface area contributed by atoms with Crippen LogP contribution in [-0.4, -0.2) is 139 Å². The van der Waals surface area contributed by atoms with Crippen molar-refractivity contribution in [3.8, 4) is 0 Å². The predicted octanol–water partition coefficient (Wildman–Crippen LogP) is 5.60. The molecule has 7 aliphatic rings. The summed E-state index contributed by atoms with van der Waals surface area (Å²) in [7, 11) is 3.21. The molecule has 6 heterocycles. The molecule has 7 rings (SSSR count). The molecule has 0 aromatic heterocycles. The molecular formula is C48H74O14. The van der Waals surface area contributed by atoms with Crippen molar-refractivity contribution in [2.45, 2.75) is 204 Å². The van der Waals surface area contributed by atoms with Crippen molar-refractivity contribution in [3.63, 3.8) is 0 Å². The highest BCUT2D eigenvalue weighted by Crippen LogP contribution is 2.48. The smallest absolute Gasteiger partial charge is 0.316 e. The number of hydrogen-bond donors (Lipinski definition) is 3. The van der Waals surface area contributed by atoms with Gasteiger partial charge >= 0.3 is 5.97 Å². The van der Waals surface area contributed by atoms with E-state index in [0.29, 0.717) is 61.5 Å². The van der Waals surface area contributed by atoms with Crippen molar-refractivity contribution in [3.05, 3.63) is 47.1 Å². The first-order valence-electron chi connectivity index (χ1n) is 23.2. The minimum atomic E-state index is -1.83. The van der Waals surface area contributed by atoms with Gasteiger partial charge in [-0.3, -0.25) is 4.79 Å². The zero-order valence-corrected chi connectivity index (χ0v) is 38.5. The maximum atomic E-state index is 14.4. The highest BCUT2D eigenvalue weighted by molar-refractivity contribution is 5.78. The van der Waals surface area contributed by atoms with Crippen molar-refractivity contribution in [2.75, 3.05) is 20.8 Å². The quantitative estimate of drug-likeness (QED) is 0.204. The molecule has 2 bridgehead atoms. The Balaban J connectivity index is 1.20. The topological polar surface area (TPSA) is 170 Å². The zero-order valence-electron chi connectivity index (χ0n) is 38.5. The fourth-order valence-corrected chi connectivity index (χ4v) is 11.0. The van der Waals surface area contributed by atoms with Gasteiger partial charge in [0.25, 0.3) is 0 Å². The number of aliphatic hydroxyl groups is 3. The molecule has 0 aromatic rings. The summed E-state index contributed by atoms with van der Waals surface area (Å²) < 4.78 is 64.0. The molecule has 6 aliphatic heterocycles. The lowest BCUT2D eigenvalue weighted by Crippen LogP contribution is -2.58. The fraction of sp³-hybridized carbons (Fsp3) is 0.812. The van der Waals surface area contributed by atoms with Crippen molar-refractivity contribution < 1.29 is 67.5 Å². The highest BCUT2D eigenvalue weighted by Gasteiger charge is 2.60. The van der Waals surface area contributed by atoms with Gasteiger partial charge in [0.1, 0.15) is 42.0 Å². The van der Waals surface area contributed by atoms with E-state index in [4.69, 9.17) is 47.4 Å². The fourth-order valence-electron chi connectivity index (χ4n) is 11.0. The van der Waals surface area contributed by atoms with Gasteiger partial charge in [0.05, 0.1) is 49.3 Å². The van der Waals surface area contributed by atoms with Crippen LogP contribution in [0.15, 0.2) is 47.1 Å². The Morgan fingerprint density at radius 3 is 2.37 bits per heavy atom. The average molecular weight is 875 g/mol. The van der Waals surface area contributed by atoms with Crippen LogP contribution in [0.3, 0.4) is 0 Å². The predicted molar refractivity (Wildman–Crippen MR) is 227 cm³/mol. The van der Waals surface area contributed by atoms with Crippen LogP contribution in [0.2, 0.25) is 0 Å². The number of allylic oxidation sites excluding steroid dienone is 2. The summed E-state index contributed by atoms with van der Waals surface area (Å²) in [5, 5.41) is 34.3. The van der Waals surface area contributed by atoms with Gasteiger partial charge in [0, 0.05) is 52.2 Å². The normalized spacial score (nSPS) is 49.4. The van der Waals surface area contributed by atoms with E-state index in [1.165, 1.54) is 0 Å². The van der Waals surface area contributed by atoms with E-state index >= 15 is 0 Å². The molecule has 1 aliphatic carbocycles. The molecule has 5 saturated heterocycles. The Hall–Kier alpha value is -2.05. The van der Waals surface area contributed by atoms with E-state index in [0.717, 1.165) is 18.4 Å². The first kappa shape index (κ1) is 47.9. The molecule has 350 valence electrons. The van der Waals surface area contributed by atoms with Crippen LogP contribution in [0.25, 0.3) is 0 Å². The molecular weight excluding hydrogens is 801 g/mol. The lowest BCUT2D eigenvalue weighted by atomic mass is 9.71. The van der Waals surface area contributed by atoms with Gasteiger partial charge in [0.2, 0.25) is 0 Å². The molecule has 14 heteroatoms. The third-order valence-corrected chi connectivity index (χ3v) is 14.9. The summed E-state index contributed by atoms with van der Waals surface area (Å²) in [5.41, 5.74) is 0.171. The molecule has 20 atom stereocenters. The Bertz CT molecular complexity index is 1680. The number of methoxy groups -OCH3 is 2. The monoisotopic (exact) mass is 875 g/mol. The van der Waals surface area contributed by atoms with Gasteiger partial charge in [-0.1, -0.05) is 64.5 Å². The Kier molecular flexibility index (Phi) is 15.3. The molecule has 0 amide bonds. The number of ether oxygens (including phenoxy) is 10. The number of fused-ring (bicyclic) bond motifs is 2. The van der Waals surface area contributed by atoms with Crippen LogP contribution in [0.5, 0.6) is 0 Å². The number of hydrogen-bond acceptors (Lipinski definition) is 14. The van der Waals surface area contributed by atoms with Gasteiger partial charge < -0.3 is 62.7 Å². The number of carbonyl (C=O) groups is 1. The van der Waals surface area contributed by atoms with Gasteiger partial charge in [-0.05, 0) is 69.1 Å². The maximum absolute atomic E-state index is 14.4. The van der Waals surface area contributed by atoms with Crippen LogP contribution in [0.1, 0.15) is 107 Å². The molecule has 0 aromatic carbocycles. The van der Waals surface area contributed by atoms with Gasteiger partial charge in [-0.15, -0.1) is 0 Å². The second-order valence-corrected chi connectivity index (χ2v) is 19.4. The van der Waals surface area contributed by atoms with Crippen molar-refractivity contribution >= 4 is 5.97 Å². The van der Waals surface area contributed by atoms with Crippen molar-refractivity contribution in [1.82, 2.24) is 0 Å². The molecule has 5 fully saturated rings.